The van der Waals surface area contributed by atoms with Crippen molar-refractivity contribution in [2.75, 3.05) is 20.3 Å². The molecule has 2 N–H and O–H groups in total. The molecule has 154 valence electrons. The molecule has 8 nitrogen and oxygen atoms in total. The van der Waals surface area contributed by atoms with E-state index in [0.717, 1.165) is 0 Å². The Bertz CT molecular complexity index is 761. The highest BCUT2D eigenvalue weighted by atomic mass is 16.6. The normalized spacial score (nSPS) is 37.4. The number of fused-ring (bicyclic) bond motifs is 3. The first-order valence-electron chi connectivity index (χ1n) is 9.88. The van der Waals surface area contributed by atoms with Gasteiger partial charge in [-0.05, 0) is 31.4 Å². The van der Waals surface area contributed by atoms with Crippen LogP contribution in [0.2, 0.25) is 0 Å². The third-order valence-electron chi connectivity index (χ3n) is 6.43. The molecule has 1 aromatic rings. The number of furan rings is 1. The number of hydrogen-bond donors (Lipinski definition) is 2. The van der Waals surface area contributed by atoms with Gasteiger partial charge in [-0.2, -0.15) is 0 Å². The van der Waals surface area contributed by atoms with Gasteiger partial charge in [-0.25, -0.2) is 0 Å². The van der Waals surface area contributed by atoms with Crippen molar-refractivity contribution in [3.8, 4) is 0 Å². The van der Waals surface area contributed by atoms with E-state index in [0.29, 0.717) is 37.3 Å². The summed E-state index contributed by atoms with van der Waals surface area (Å²) in [7, 11) is 1.54. The number of imide groups is 1. The van der Waals surface area contributed by atoms with Crippen molar-refractivity contribution >= 4 is 11.8 Å². The highest BCUT2D eigenvalue weighted by Crippen LogP contribution is 2.58. The first-order chi connectivity index (χ1) is 13.4. The van der Waals surface area contributed by atoms with Gasteiger partial charge in [-0.1, -0.05) is 6.92 Å². The Hall–Kier alpha value is -1.74. The maximum absolute atomic E-state index is 13.0. The largest absolute Gasteiger partial charge is 0.461 e. The predicted molar refractivity (Wildman–Crippen MR) is 95.5 cm³/mol. The lowest BCUT2D eigenvalue weighted by molar-refractivity contribution is -0.276. The summed E-state index contributed by atoms with van der Waals surface area (Å²) >= 11 is 0. The second-order valence-electron chi connectivity index (χ2n) is 8.01. The average Bonchev–Trinajstić information content (AvgIpc) is 3.34. The summed E-state index contributed by atoms with van der Waals surface area (Å²) in [6.07, 6.45) is 0.873. The highest BCUT2D eigenvalue weighted by molar-refractivity contribution is 6.05. The molecule has 0 unspecified atom stereocenters. The minimum atomic E-state index is -1.56. The van der Waals surface area contributed by atoms with Gasteiger partial charge in [0.25, 0.3) is 0 Å². The number of aliphatic hydroxyl groups is 2. The molecular formula is C20H27NO7. The fourth-order valence-electron chi connectivity index (χ4n) is 5.21. The molecule has 4 rings (SSSR count). The number of nitrogens with zero attached hydrogens (tertiary/aromatic N) is 1. The maximum atomic E-state index is 13.0. The topological polar surface area (TPSA) is 109 Å². The quantitative estimate of drug-likeness (QED) is 0.699. The molecule has 0 aromatic carbocycles. The molecule has 0 bridgehead atoms. The van der Waals surface area contributed by atoms with E-state index in [1.54, 1.807) is 19.2 Å². The molecule has 2 aliphatic heterocycles. The molecule has 1 aromatic heterocycles. The van der Waals surface area contributed by atoms with Crippen molar-refractivity contribution in [2.24, 2.45) is 23.7 Å². The molecule has 6 atom stereocenters. The standard InChI is InChI=1S/C20H27NO7/c1-3-6-21-18(23)13-7-11(10-26-2)20(25)14(17(13)19(21)24)8-16(28-20)15-5-4-12(9-22)27-15/h4-5,11,13-14,16-17,22,25H,3,6-10H2,1-2H3/t11-,13+,14+,16+,17+,20-/m1/s1. The van der Waals surface area contributed by atoms with E-state index in [1.807, 2.05) is 6.92 Å². The van der Waals surface area contributed by atoms with Gasteiger partial charge in [-0.3, -0.25) is 14.5 Å². The Morgan fingerprint density at radius 3 is 2.71 bits per heavy atom. The van der Waals surface area contributed by atoms with E-state index in [2.05, 4.69) is 0 Å². The van der Waals surface area contributed by atoms with Crippen LogP contribution in [-0.2, 0) is 25.7 Å². The van der Waals surface area contributed by atoms with Crippen LogP contribution >= 0.6 is 0 Å². The number of amides is 2. The molecular weight excluding hydrogens is 366 g/mol. The lowest BCUT2D eigenvalue weighted by Crippen LogP contribution is -2.54. The van der Waals surface area contributed by atoms with Crippen molar-refractivity contribution in [1.82, 2.24) is 4.90 Å². The smallest absolute Gasteiger partial charge is 0.233 e. The van der Waals surface area contributed by atoms with Crippen molar-refractivity contribution in [3.63, 3.8) is 0 Å². The number of carbonyl (C=O) groups excluding carboxylic acids is 2. The minimum absolute atomic E-state index is 0.149. The van der Waals surface area contributed by atoms with Crippen LogP contribution in [-0.4, -0.2) is 53.0 Å². The Balaban J connectivity index is 1.68. The molecule has 2 saturated heterocycles. The fraction of sp³-hybridized carbons (Fsp3) is 0.700. The van der Waals surface area contributed by atoms with Gasteiger partial charge in [0.15, 0.2) is 5.79 Å². The Labute approximate surface area is 163 Å². The molecule has 3 fully saturated rings. The van der Waals surface area contributed by atoms with E-state index < -0.39 is 35.6 Å². The zero-order valence-corrected chi connectivity index (χ0v) is 16.2. The second kappa shape index (κ2) is 7.26. The first-order valence-corrected chi connectivity index (χ1v) is 9.88. The molecule has 1 saturated carbocycles. The summed E-state index contributed by atoms with van der Waals surface area (Å²) in [6.45, 7) is 2.33. The van der Waals surface area contributed by atoms with E-state index in [1.165, 1.54) is 4.90 Å². The summed E-state index contributed by atoms with van der Waals surface area (Å²) in [5.41, 5.74) is 0. The number of likely N-dealkylation sites (tertiary alicyclic amines) is 1. The predicted octanol–water partition coefficient (Wildman–Crippen LogP) is 1.22. The van der Waals surface area contributed by atoms with Crippen molar-refractivity contribution in [2.45, 2.75) is 44.7 Å². The van der Waals surface area contributed by atoms with Crippen molar-refractivity contribution in [1.29, 1.82) is 0 Å². The maximum Gasteiger partial charge on any atom is 0.233 e. The molecule has 1 aliphatic carbocycles. The number of rotatable bonds is 6. The summed E-state index contributed by atoms with van der Waals surface area (Å²) < 4.78 is 17.0. The van der Waals surface area contributed by atoms with Gasteiger partial charge in [0, 0.05) is 25.5 Å². The number of carbonyl (C=O) groups is 2. The van der Waals surface area contributed by atoms with Crippen LogP contribution in [0.1, 0.15) is 43.8 Å². The molecule has 3 aliphatic rings. The summed E-state index contributed by atoms with van der Waals surface area (Å²) in [6, 6.07) is 3.37. The zero-order valence-electron chi connectivity index (χ0n) is 16.2. The van der Waals surface area contributed by atoms with Gasteiger partial charge >= 0.3 is 0 Å². The number of hydrogen-bond acceptors (Lipinski definition) is 7. The van der Waals surface area contributed by atoms with Gasteiger partial charge in [0.1, 0.15) is 24.2 Å². The summed E-state index contributed by atoms with van der Waals surface area (Å²) in [5, 5.41) is 20.7. The SMILES string of the molecule is CCCN1C(=O)[C@H]2[C@H](C[C@H](COC)[C@@]3(O)O[C@H](c4ccc(CO)o4)C[C@@H]23)C1=O. The molecule has 3 heterocycles. The molecule has 2 amide bonds. The third-order valence-corrected chi connectivity index (χ3v) is 6.43. The monoisotopic (exact) mass is 393 g/mol. The van der Waals surface area contributed by atoms with E-state index in [9.17, 15) is 19.8 Å². The van der Waals surface area contributed by atoms with Crippen molar-refractivity contribution in [3.05, 3.63) is 23.7 Å². The van der Waals surface area contributed by atoms with Crippen LogP contribution in [0.4, 0.5) is 0 Å². The second-order valence-corrected chi connectivity index (χ2v) is 8.01. The molecule has 8 heteroatoms. The van der Waals surface area contributed by atoms with Gasteiger partial charge in [-0.15, -0.1) is 0 Å². The van der Waals surface area contributed by atoms with Gasteiger partial charge < -0.3 is 24.1 Å². The highest BCUT2D eigenvalue weighted by Gasteiger charge is 2.66. The summed E-state index contributed by atoms with van der Waals surface area (Å²) in [4.78, 5) is 27.2. The molecule has 28 heavy (non-hydrogen) atoms. The lowest BCUT2D eigenvalue weighted by atomic mass is 9.64. The fourth-order valence-corrected chi connectivity index (χ4v) is 5.21. The van der Waals surface area contributed by atoms with Crippen LogP contribution < -0.4 is 0 Å². The number of ether oxygens (including phenoxy) is 2. The van der Waals surface area contributed by atoms with Gasteiger partial charge in [0.2, 0.25) is 11.8 Å². The van der Waals surface area contributed by atoms with Gasteiger partial charge in [0.05, 0.1) is 18.4 Å². The van der Waals surface area contributed by atoms with Crippen LogP contribution in [0.25, 0.3) is 0 Å². The molecule has 0 spiro atoms. The van der Waals surface area contributed by atoms with Crippen LogP contribution in [0.3, 0.4) is 0 Å². The zero-order chi connectivity index (χ0) is 20.1. The van der Waals surface area contributed by atoms with Crippen LogP contribution in [0.15, 0.2) is 16.5 Å². The van der Waals surface area contributed by atoms with Crippen LogP contribution in [0, 0.1) is 23.7 Å². The minimum Gasteiger partial charge on any atom is -0.461 e. The number of aliphatic hydroxyl groups excluding tert-OH is 1. The summed E-state index contributed by atoms with van der Waals surface area (Å²) in [5.74, 6) is -2.98. The average molecular weight is 393 g/mol. The Morgan fingerprint density at radius 2 is 2.07 bits per heavy atom. The Kier molecular flexibility index (Phi) is 5.07. The lowest BCUT2D eigenvalue weighted by Gasteiger charge is -2.44. The third kappa shape index (κ3) is 2.82. The van der Waals surface area contributed by atoms with Crippen LogP contribution in [0.5, 0.6) is 0 Å². The first kappa shape index (κ1) is 19.6. The van der Waals surface area contributed by atoms with E-state index >= 15 is 0 Å². The number of methoxy groups -OCH3 is 1. The van der Waals surface area contributed by atoms with Crippen molar-refractivity contribution < 1.29 is 33.7 Å². The van der Waals surface area contributed by atoms with E-state index in [-0.39, 0.29) is 25.0 Å². The van der Waals surface area contributed by atoms with E-state index in [4.69, 9.17) is 13.9 Å². The Morgan fingerprint density at radius 1 is 1.29 bits per heavy atom. The molecule has 0 radical (unpaired) electrons.